The van der Waals surface area contributed by atoms with Crippen LogP contribution >= 0.6 is 11.5 Å². The van der Waals surface area contributed by atoms with Crippen molar-refractivity contribution in [2.45, 2.75) is 37.6 Å². The standard InChI is InChI=1S/C11H15N3O3S/c1-14(9(15)8-7-12-13-18-8)11(10(16)17)5-3-2-4-6-11/h7H,2-6H2,1H3,(H,16,17). The molecule has 1 heterocycles. The number of amides is 1. The van der Waals surface area contributed by atoms with Crippen molar-refractivity contribution in [2.75, 3.05) is 7.05 Å². The molecule has 7 heteroatoms. The Morgan fingerprint density at radius 2 is 2.06 bits per heavy atom. The van der Waals surface area contributed by atoms with Crippen LogP contribution in [-0.4, -0.2) is 44.1 Å². The highest BCUT2D eigenvalue weighted by Gasteiger charge is 2.45. The maximum absolute atomic E-state index is 12.2. The molecule has 0 saturated heterocycles. The smallest absolute Gasteiger partial charge is 0.329 e. The quantitative estimate of drug-likeness (QED) is 0.896. The number of aromatic nitrogens is 2. The molecule has 0 atom stereocenters. The Morgan fingerprint density at radius 3 is 2.56 bits per heavy atom. The van der Waals surface area contributed by atoms with Crippen molar-refractivity contribution in [3.8, 4) is 0 Å². The van der Waals surface area contributed by atoms with Crippen LogP contribution in [0.3, 0.4) is 0 Å². The number of carbonyl (C=O) groups is 2. The van der Waals surface area contributed by atoms with Crippen molar-refractivity contribution < 1.29 is 14.7 Å². The van der Waals surface area contributed by atoms with Gasteiger partial charge >= 0.3 is 5.97 Å². The lowest BCUT2D eigenvalue weighted by Gasteiger charge is -2.40. The third kappa shape index (κ3) is 2.10. The lowest BCUT2D eigenvalue weighted by molar-refractivity contribution is -0.151. The number of rotatable bonds is 3. The van der Waals surface area contributed by atoms with Crippen LogP contribution in [0.2, 0.25) is 0 Å². The maximum atomic E-state index is 12.2. The molecule has 98 valence electrons. The summed E-state index contributed by atoms with van der Waals surface area (Å²) in [6, 6.07) is 0. The van der Waals surface area contributed by atoms with Crippen molar-refractivity contribution in [3.63, 3.8) is 0 Å². The molecule has 2 rings (SSSR count). The van der Waals surface area contributed by atoms with E-state index in [1.165, 1.54) is 11.1 Å². The molecule has 0 radical (unpaired) electrons. The molecule has 1 aromatic heterocycles. The molecule has 0 aliphatic heterocycles. The molecule has 0 spiro atoms. The highest BCUT2D eigenvalue weighted by molar-refractivity contribution is 7.07. The first-order valence-electron chi connectivity index (χ1n) is 5.87. The molecule has 1 N–H and O–H groups in total. The number of carboxylic acid groups (broad SMARTS) is 1. The van der Waals surface area contributed by atoms with Crippen molar-refractivity contribution in [1.29, 1.82) is 0 Å². The van der Waals surface area contributed by atoms with Gasteiger partial charge in [-0.2, -0.15) is 0 Å². The maximum Gasteiger partial charge on any atom is 0.329 e. The monoisotopic (exact) mass is 269 g/mol. The van der Waals surface area contributed by atoms with Crippen molar-refractivity contribution >= 4 is 23.4 Å². The second-order valence-corrected chi connectivity index (χ2v) is 5.33. The highest BCUT2D eigenvalue weighted by Crippen LogP contribution is 2.34. The first-order valence-corrected chi connectivity index (χ1v) is 6.64. The third-order valence-electron chi connectivity index (χ3n) is 3.60. The second-order valence-electron chi connectivity index (χ2n) is 4.54. The Bertz CT molecular complexity index is 440. The van der Waals surface area contributed by atoms with Gasteiger partial charge in [0.2, 0.25) is 0 Å². The molecular formula is C11H15N3O3S. The Labute approximate surface area is 109 Å². The predicted molar refractivity (Wildman–Crippen MR) is 65.5 cm³/mol. The van der Waals surface area contributed by atoms with Gasteiger partial charge in [-0.15, -0.1) is 5.10 Å². The topological polar surface area (TPSA) is 83.4 Å². The fraction of sp³-hybridized carbons (Fsp3) is 0.636. The lowest BCUT2D eigenvalue weighted by Crippen LogP contribution is -2.56. The normalized spacial score (nSPS) is 18.3. The Balaban J connectivity index is 2.26. The van der Waals surface area contributed by atoms with Gasteiger partial charge in [0, 0.05) is 7.05 Å². The van der Waals surface area contributed by atoms with Gasteiger partial charge < -0.3 is 10.0 Å². The number of likely N-dealkylation sites (N-methyl/N-ethyl adjacent to an activating group) is 1. The van der Waals surface area contributed by atoms with Crippen LogP contribution in [0.5, 0.6) is 0 Å². The Hall–Kier alpha value is -1.50. The molecule has 1 amide bonds. The highest BCUT2D eigenvalue weighted by atomic mass is 32.1. The van der Waals surface area contributed by atoms with E-state index in [9.17, 15) is 14.7 Å². The number of hydrogen-bond donors (Lipinski definition) is 1. The van der Waals surface area contributed by atoms with Crippen LogP contribution in [0.15, 0.2) is 6.20 Å². The molecule has 0 unspecified atom stereocenters. The number of aliphatic carboxylic acids is 1. The number of carbonyl (C=O) groups excluding carboxylic acids is 1. The molecule has 18 heavy (non-hydrogen) atoms. The zero-order valence-electron chi connectivity index (χ0n) is 10.1. The van der Waals surface area contributed by atoms with Crippen LogP contribution in [0.25, 0.3) is 0 Å². The third-order valence-corrected chi connectivity index (χ3v) is 4.25. The van der Waals surface area contributed by atoms with Gasteiger partial charge in [-0.25, -0.2) is 4.79 Å². The fourth-order valence-corrected chi connectivity index (χ4v) is 2.94. The van der Waals surface area contributed by atoms with Crippen molar-refractivity contribution in [2.24, 2.45) is 0 Å². The van der Waals surface area contributed by atoms with Crippen LogP contribution in [0.1, 0.15) is 41.8 Å². The summed E-state index contributed by atoms with van der Waals surface area (Å²) in [6.07, 6.45) is 5.10. The molecule has 1 fully saturated rings. The Morgan fingerprint density at radius 1 is 1.39 bits per heavy atom. The summed E-state index contributed by atoms with van der Waals surface area (Å²) in [6.45, 7) is 0. The van der Waals surface area contributed by atoms with E-state index < -0.39 is 11.5 Å². The van der Waals surface area contributed by atoms with Crippen LogP contribution in [0, 0.1) is 0 Å². The van der Waals surface area contributed by atoms with E-state index in [2.05, 4.69) is 9.59 Å². The molecule has 1 aromatic rings. The van der Waals surface area contributed by atoms with Crippen molar-refractivity contribution in [3.05, 3.63) is 11.1 Å². The van der Waals surface area contributed by atoms with Crippen LogP contribution in [0.4, 0.5) is 0 Å². The van der Waals surface area contributed by atoms with Crippen LogP contribution in [-0.2, 0) is 4.79 Å². The molecule has 0 bridgehead atoms. The minimum atomic E-state index is -1.07. The fourth-order valence-electron chi connectivity index (χ4n) is 2.45. The van der Waals surface area contributed by atoms with Crippen LogP contribution < -0.4 is 0 Å². The van der Waals surface area contributed by atoms with Gasteiger partial charge in [-0.1, -0.05) is 23.8 Å². The average Bonchev–Trinajstić information content (AvgIpc) is 2.91. The largest absolute Gasteiger partial charge is 0.479 e. The van der Waals surface area contributed by atoms with E-state index in [-0.39, 0.29) is 5.91 Å². The first kappa shape index (κ1) is 12.9. The lowest BCUT2D eigenvalue weighted by atomic mass is 9.80. The molecular weight excluding hydrogens is 254 g/mol. The number of carboxylic acids is 1. The minimum Gasteiger partial charge on any atom is -0.479 e. The molecule has 0 aromatic carbocycles. The van der Waals surface area contributed by atoms with Gasteiger partial charge in [-0.05, 0) is 24.4 Å². The van der Waals surface area contributed by atoms with Gasteiger partial charge in [0.25, 0.3) is 5.91 Å². The van der Waals surface area contributed by atoms with Gasteiger partial charge in [-0.3, -0.25) is 4.79 Å². The molecule has 1 aliphatic carbocycles. The Kier molecular flexibility index (Phi) is 3.60. The summed E-state index contributed by atoms with van der Waals surface area (Å²) in [5.41, 5.74) is -1.07. The summed E-state index contributed by atoms with van der Waals surface area (Å²) in [5, 5.41) is 13.1. The van der Waals surface area contributed by atoms with E-state index in [0.717, 1.165) is 30.8 Å². The van der Waals surface area contributed by atoms with Gasteiger partial charge in [0.05, 0.1) is 6.20 Å². The predicted octanol–water partition coefficient (Wildman–Crippen LogP) is 1.40. The summed E-state index contributed by atoms with van der Waals surface area (Å²) < 4.78 is 3.64. The zero-order valence-corrected chi connectivity index (χ0v) is 10.9. The van der Waals surface area contributed by atoms with E-state index in [1.807, 2.05) is 0 Å². The first-order chi connectivity index (χ1) is 8.58. The van der Waals surface area contributed by atoms with E-state index in [4.69, 9.17) is 0 Å². The number of hydrogen-bond acceptors (Lipinski definition) is 5. The summed E-state index contributed by atoms with van der Waals surface area (Å²) >= 11 is 0.989. The summed E-state index contributed by atoms with van der Waals surface area (Å²) in [7, 11) is 1.56. The van der Waals surface area contributed by atoms with E-state index >= 15 is 0 Å². The summed E-state index contributed by atoms with van der Waals surface area (Å²) in [5.74, 6) is -1.23. The summed E-state index contributed by atoms with van der Waals surface area (Å²) in [4.78, 5) is 25.5. The SMILES string of the molecule is CN(C(=O)c1cnns1)C1(C(=O)O)CCCCC1. The van der Waals surface area contributed by atoms with Gasteiger partial charge in [0.1, 0.15) is 10.4 Å². The number of nitrogens with zero attached hydrogens (tertiary/aromatic N) is 3. The molecule has 6 nitrogen and oxygen atoms in total. The average molecular weight is 269 g/mol. The van der Waals surface area contributed by atoms with E-state index in [1.54, 1.807) is 7.05 Å². The zero-order chi connectivity index (χ0) is 13.2. The van der Waals surface area contributed by atoms with Gasteiger partial charge in [0.15, 0.2) is 0 Å². The minimum absolute atomic E-state index is 0.311. The van der Waals surface area contributed by atoms with Crippen molar-refractivity contribution in [1.82, 2.24) is 14.5 Å². The molecule has 1 aliphatic rings. The second kappa shape index (κ2) is 5.01. The van der Waals surface area contributed by atoms with E-state index in [0.29, 0.717) is 17.7 Å². The molecule has 1 saturated carbocycles.